The number of halogens is 1. The number of methoxy groups -OCH3 is 1. The number of carbonyl (C=O) groups excluding carboxylic acids is 1. The molecule has 0 aliphatic heterocycles. The van der Waals surface area contributed by atoms with Gasteiger partial charge in [-0.1, -0.05) is 31.5 Å². The van der Waals surface area contributed by atoms with Crippen molar-refractivity contribution in [1.82, 2.24) is 19.7 Å². The zero-order valence-electron chi connectivity index (χ0n) is 15.5. The number of benzene rings is 1. The summed E-state index contributed by atoms with van der Waals surface area (Å²) in [6.45, 7) is 3.68. The second-order valence-electron chi connectivity index (χ2n) is 6.32. The molecule has 7 nitrogen and oxygen atoms in total. The van der Waals surface area contributed by atoms with Gasteiger partial charge in [-0.2, -0.15) is 5.10 Å². The lowest BCUT2D eigenvalue weighted by atomic mass is 10.0. The molecule has 8 heteroatoms. The first kappa shape index (κ1) is 18.8. The van der Waals surface area contributed by atoms with E-state index in [1.54, 1.807) is 31.2 Å². The van der Waals surface area contributed by atoms with Gasteiger partial charge in [0, 0.05) is 19.2 Å². The number of hydrogen-bond acceptors (Lipinski definition) is 6. The molecule has 0 fully saturated rings. The lowest BCUT2D eigenvalue weighted by Crippen LogP contribution is -2.11. The molecule has 0 aliphatic rings. The van der Waals surface area contributed by atoms with Gasteiger partial charge in [0.2, 0.25) is 0 Å². The summed E-state index contributed by atoms with van der Waals surface area (Å²) in [7, 11) is 3.38. The Hall–Kier alpha value is -2.93. The van der Waals surface area contributed by atoms with Gasteiger partial charge in [0.05, 0.1) is 29.6 Å². The minimum Gasteiger partial charge on any atom is -0.494 e. The van der Waals surface area contributed by atoms with Gasteiger partial charge < -0.3 is 10.1 Å². The van der Waals surface area contributed by atoms with Crippen LogP contribution in [0.15, 0.2) is 36.8 Å². The van der Waals surface area contributed by atoms with Gasteiger partial charge in [-0.15, -0.1) is 0 Å². The van der Waals surface area contributed by atoms with Crippen LogP contribution in [0.25, 0.3) is 11.4 Å². The van der Waals surface area contributed by atoms with Crippen molar-refractivity contribution in [3.05, 3.63) is 47.5 Å². The lowest BCUT2D eigenvalue weighted by molar-refractivity contribution is 0.0940. The molecule has 140 valence electrons. The van der Waals surface area contributed by atoms with Gasteiger partial charge in [0.1, 0.15) is 11.5 Å². The number of aromatic nitrogens is 4. The zero-order chi connectivity index (χ0) is 19.6. The number of ether oxygens (including phenoxy) is 1. The molecule has 0 unspecified atom stereocenters. The quantitative estimate of drug-likeness (QED) is 0.507. The molecule has 0 amide bonds. The van der Waals surface area contributed by atoms with Crippen LogP contribution in [0.5, 0.6) is 5.75 Å². The zero-order valence-corrected chi connectivity index (χ0v) is 16.3. The van der Waals surface area contributed by atoms with Gasteiger partial charge in [-0.3, -0.25) is 9.48 Å². The summed E-state index contributed by atoms with van der Waals surface area (Å²) >= 11 is 6.05. The summed E-state index contributed by atoms with van der Waals surface area (Å²) in [6, 6.07) is 7.22. The van der Waals surface area contributed by atoms with Crippen molar-refractivity contribution in [2.24, 2.45) is 13.0 Å². The number of ketones is 1. The number of anilines is 2. The molecule has 2 heterocycles. The molecule has 0 radical (unpaired) electrons. The van der Waals surface area contributed by atoms with Crippen molar-refractivity contribution in [2.45, 2.75) is 13.8 Å². The van der Waals surface area contributed by atoms with Crippen molar-refractivity contribution in [2.75, 3.05) is 12.4 Å². The fraction of sp³-hybridized carbons (Fsp3) is 0.263. The van der Waals surface area contributed by atoms with E-state index in [0.717, 1.165) is 5.56 Å². The Bertz CT molecular complexity index is 984. The molecule has 3 rings (SSSR count). The van der Waals surface area contributed by atoms with E-state index >= 15 is 0 Å². The third-order valence-electron chi connectivity index (χ3n) is 3.99. The number of aryl methyl sites for hydroxylation is 1. The summed E-state index contributed by atoms with van der Waals surface area (Å²) in [4.78, 5) is 20.9. The van der Waals surface area contributed by atoms with Crippen LogP contribution >= 0.6 is 11.6 Å². The van der Waals surface area contributed by atoms with E-state index in [1.807, 2.05) is 32.0 Å². The summed E-state index contributed by atoms with van der Waals surface area (Å²) in [5.74, 6) is 0.923. The smallest absolute Gasteiger partial charge is 0.184 e. The topological polar surface area (TPSA) is 81.9 Å². The van der Waals surface area contributed by atoms with Gasteiger partial charge >= 0.3 is 0 Å². The highest BCUT2D eigenvalue weighted by Crippen LogP contribution is 2.37. The van der Waals surface area contributed by atoms with Crippen LogP contribution in [-0.4, -0.2) is 32.6 Å². The average Bonchev–Trinajstić information content (AvgIpc) is 3.07. The Morgan fingerprint density at radius 2 is 2.04 bits per heavy atom. The van der Waals surface area contributed by atoms with E-state index in [9.17, 15) is 4.79 Å². The van der Waals surface area contributed by atoms with E-state index in [1.165, 1.54) is 6.20 Å². The molecule has 27 heavy (non-hydrogen) atoms. The first-order chi connectivity index (χ1) is 12.9. The van der Waals surface area contributed by atoms with Crippen LogP contribution in [0.3, 0.4) is 0 Å². The molecule has 0 aliphatic carbocycles. The van der Waals surface area contributed by atoms with Crippen molar-refractivity contribution in [3.8, 4) is 17.1 Å². The number of para-hydroxylation sites is 1. The summed E-state index contributed by atoms with van der Waals surface area (Å²) in [6.07, 6.45) is 3.11. The van der Waals surface area contributed by atoms with Gasteiger partial charge in [0.15, 0.2) is 17.4 Å². The maximum absolute atomic E-state index is 12.5. The Kier molecular flexibility index (Phi) is 5.41. The van der Waals surface area contributed by atoms with E-state index in [4.69, 9.17) is 16.3 Å². The average molecular weight is 386 g/mol. The number of pyridine rings is 1. The van der Waals surface area contributed by atoms with Gasteiger partial charge in [-0.25, -0.2) is 9.97 Å². The van der Waals surface area contributed by atoms with Crippen molar-refractivity contribution >= 4 is 28.8 Å². The molecule has 1 N–H and O–H groups in total. The number of hydrogen-bond donors (Lipinski definition) is 1. The molecule has 0 bridgehead atoms. The molecular weight excluding hydrogens is 366 g/mol. The molecule has 2 aromatic heterocycles. The molecule has 1 aromatic carbocycles. The third kappa shape index (κ3) is 3.93. The highest BCUT2D eigenvalue weighted by atomic mass is 35.5. The lowest BCUT2D eigenvalue weighted by Gasteiger charge is -2.16. The molecule has 3 aromatic rings. The van der Waals surface area contributed by atoms with Crippen LogP contribution in [0.4, 0.5) is 11.4 Å². The second kappa shape index (κ2) is 7.75. The fourth-order valence-corrected chi connectivity index (χ4v) is 2.84. The van der Waals surface area contributed by atoms with Gasteiger partial charge in [-0.05, 0) is 18.2 Å². The number of carbonyl (C=O) groups is 1. The Balaban J connectivity index is 2.06. The van der Waals surface area contributed by atoms with Crippen molar-refractivity contribution in [3.63, 3.8) is 0 Å². The molecule has 0 saturated heterocycles. The minimum atomic E-state index is -0.167. The predicted molar refractivity (Wildman–Crippen MR) is 105 cm³/mol. The van der Waals surface area contributed by atoms with Crippen LogP contribution < -0.4 is 10.1 Å². The van der Waals surface area contributed by atoms with Crippen LogP contribution in [0.2, 0.25) is 5.15 Å². The van der Waals surface area contributed by atoms with E-state index < -0.39 is 0 Å². The Labute approximate surface area is 162 Å². The van der Waals surface area contributed by atoms with Crippen molar-refractivity contribution < 1.29 is 9.53 Å². The molecular formula is C19H20ClN5O2. The monoisotopic (exact) mass is 385 g/mol. The first-order valence-corrected chi connectivity index (χ1v) is 8.78. The van der Waals surface area contributed by atoms with E-state index in [2.05, 4.69) is 20.4 Å². The Morgan fingerprint density at radius 1 is 1.26 bits per heavy atom. The van der Waals surface area contributed by atoms with Gasteiger partial charge in [0.25, 0.3) is 0 Å². The standard InChI is InChI=1S/C19H20ClN5O2/c1-11(2)17(26)13-9-21-16(20)8-15(13)23-14-7-5-6-12(18(14)27-4)19-22-10-25(3)24-19/h5-11H,1-4H3,(H,21,23). The maximum atomic E-state index is 12.5. The van der Waals surface area contributed by atoms with E-state index in [-0.39, 0.29) is 11.7 Å². The Morgan fingerprint density at radius 3 is 2.67 bits per heavy atom. The molecule has 0 saturated carbocycles. The maximum Gasteiger partial charge on any atom is 0.184 e. The van der Waals surface area contributed by atoms with Crippen LogP contribution in [0, 0.1) is 5.92 Å². The number of rotatable bonds is 6. The first-order valence-electron chi connectivity index (χ1n) is 8.40. The summed E-state index contributed by atoms with van der Waals surface area (Å²) < 4.78 is 7.23. The SMILES string of the molecule is COc1c(Nc2cc(Cl)ncc2C(=O)C(C)C)cccc1-c1ncn(C)n1. The van der Waals surface area contributed by atoms with E-state index in [0.29, 0.717) is 33.7 Å². The van der Waals surface area contributed by atoms with Crippen LogP contribution in [-0.2, 0) is 7.05 Å². The summed E-state index contributed by atoms with van der Waals surface area (Å²) in [5.41, 5.74) is 2.44. The van der Waals surface area contributed by atoms with Crippen molar-refractivity contribution in [1.29, 1.82) is 0 Å². The molecule has 0 spiro atoms. The highest BCUT2D eigenvalue weighted by Gasteiger charge is 2.19. The highest BCUT2D eigenvalue weighted by molar-refractivity contribution is 6.29. The number of Topliss-reactive ketones (excluding diaryl/α,β-unsaturated/α-hetero) is 1. The molecule has 0 atom stereocenters. The predicted octanol–water partition coefficient (Wildman–Crippen LogP) is 4.12. The largest absolute Gasteiger partial charge is 0.494 e. The minimum absolute atomic E-state index is 0.0248. The normalized spacial score (nSPS) is 10.9. The third-order valence-corrected chi connectivity index (χ3v) is 4.20. The number of nitrogens with one attached hydrogen (secondary N) is 1. The van der Waals surface area contributed by atoms with Crippen LogP contribution in [0.1, 0.15) is 24.2 Å². The fourth-order valence-electron chi connectivity index (χ4n) is 2.68. The summed E-state index contributed by atoms with van der Waals surface area (Å²) in [5, 5.41) is 7.88. The second-order valence-corrected chi connectivity index (χ2v) is 6.71. The number of nitrogens with zero attached hydrogens (tertiary/aromatic N) is 4.